The Morgan fingerprint density at radius 1 is 1.36 bits per heavy atom. The van der Waals surface area contributed by atoms with Gasteiger partial charge in [0.15, 0.2) is 0 Å². The molecule has 0 radical (unpaired) electrons. The van der Waals surface area contributed by atoms with Gasteiger partial charge in [-0.15, -0.1) is 0 Å². The van der Waals surface area contributed by atoms with Crippen molar-refractivity contribution in [3.63, 3.8) is 0 Å². The first-order valence-corrected chi connectivity index (χ1v) is 7.39. The highest BCUT2D eigenvalue weighted by Gasteiger charge is 2.23. The Morgan fingerprint density at radius 3 is 2.55 bits per heavy atom. The minimum atomic E-state index is -0.452. The Bertz CT molecular complexity index is 461. The van der Waals surface area contributed by atoms with Gasteiger partial charge in [0.1, 0.15) is 12.4 Å². The van der Waals surface area contributed by atoms with Crippen LogP contribution in [0.5, 0.6) is 5.75 Å². The number of halogens is 1. The van der Waals surface area contributed by atoms with Gasteiger partial charge in [-0.05, 0) is 24.6 Å². The van der Waals surface area contributed by atoms with Crippen molar-refractivity contribution in [3.8, 4) is 5.75 Å². The van der Waals surface area contributed by atoms with Gasteiger partial charge < -0.3 is 20.1 Å². The monoisotopic (exact) mass is 331 g/mol. The topological polar surface area (TPSA) is 90.2 Å². The number of aliphatic hydroxyl groups is 2. The van der Waals surface area contributed by atoms with E-state index in [0.717, 1.165) is 5.56 Å². The van der Waals surface area contributed by atoms with E-state index in [0.29, 0.717) is 43.4 Å². The highest BCUT2D eigenvalue weighted by atomic mass is 35.5. The van der Waals surface area contributed by atoms with Gasteiger partial charge in [0.05, 0.1) is 17.2 Å². The Morgan fingerprint density at radius 2 is 1.95 bits per heavy atom. The van der Waals surface area contributed by atoms with Crippen LogP contribution in [0.15, 0.2) is 18.2 Å². The second kappa shape index (κ2) is 9.63. The lowest BCUT2D eigenvalue weighted by atomic mass is 10.1. The number of likely N-dealkylation sites (tertiary alicyclic amines) is 1. The molecule has 7 heteroatoms. The van der Waals surface area contributed by atoms with Crippen LogP contribution in [0.4, 0.5) is 0 Å². The molecule has 0 saturated carbocycles. The summed E-state index contributed by atoms with van der Waals surface area (Å²) in [6.45, 7) is 4.06. The van der Waals surface area contributed by atoms with Crippen LogP contribution in [-0.4, -0.2) is 65.1 Å². The molecule has 0 amide bonds. The molecular formula is C15H22ClNO5. The van der Waals surface area contributed by atoms with Crippen LogP contribution in [0.3, 0.4) is 0 Å². The van der Waals surface area contributed by atoms with Crippen molar-refractivity contribution in [2.75, 3.05) is 26.2 Å². The maximum Gasteiger partial charge on any atom is 0.290 e. The van der Waals surface area contributed by atoms with Crippen LogP contribution in [-0.2, 0) is 4.79 Å². The molecule has 1 fully saturated rings. The second-order valence-corrected chi connectivity index (χ2v) is 5.60. The number of aliphatic hydroxyl groups excluding tert-OH is 2. The molecule has 1 saturated heterocycles. The second-order valence-electron chi connectivity index (χ2n) is 5.19. The predicted molar refractivity (Wildman–Crippen MR) is 83.4 cm³/mol. The van der Waals surface area contributed by atoms with Crippen LogP contribution in [0, 0.1) is 6.92 Å². The van der Waals surface area contributed by atoms with Crippen molar-refractivity contribution in [1.82, 2.24) is 4.90 Å². The molecule has 124 valence electrons. The summed E-state index contributed by atoms with van der Waals surface area (Å²) in [6.07, 6.45) is -0.446. The van der Waals surface area contributed by atoms with Gasteiger partial charge in [-0.2, -0.15) is 0 Å². The average molecular weight is 332 g/mol. The van der Waals surface area contributed by atoms with Crippen molar-refractivity contribution in [2.45, 2.75) is 25.6 Å². The Hall–Kier alpha value is -1.34. The van der Waals surface area contributed by atoms with Crippen LogP contribution in [0.25, 0.3) is 0 Å². The van der Waals surface area contributed by atoms with E-state index in [1.54, 1.807) is 0 Å². The lowest BCUT2D eigenvalue weighted by molar-refractivity contribution is -0.122. The molecular weight excluding hydrogens is 310 g/mol. The third-order valence-electron chi connectivity index (χ3n) is 3.23. The molecule has 2 rings (SSSR count). The van der Waals surface area contributed by atoms with E-state index in [1.165, 1.54) is 0 Å². The van der Waals surface area contributed by atoms with Crippen LogP contribution in [0.1, 0.15) is 12.0 Å². The Balaban J connectivity index is 0.000000745. The summed E-state index contributed by atoms with van der Waals surface area (Å²) in [4.78, 5) is 10.4. The first kappa shape index (κ1) is 18.7. The fraction of sp³-hybridized carbons (Fsp3) is 0.533. The molecule has 0 unspecified atom stereocenters. The zero-order valence-corrected chi connectivity index (χ0v) is 13.2. The average Bonchev–Trinajstić information content (AvgIpc) is 2.42. The number of ether oxygens (including phenoxy) is 1. The van der Waals surface area contributed by atoms with Crippen molar-refractivity contribution in [2.24, 2.45) is 0 Å². The van der Waals surface area contributed by atoms with E-state index in [4.69, 9.17) is 26.2 Å². The molecule has 22 heavy (non-hydrogen) atoms. The number of carbonyl (C=O) groups is 1. The molecule has 0 spiro atoms. The molecule has 1 aliphatic rings. The molecule has 0 bridgehead atoms. The van der Waals surface area contributed by atoms with E-state index in [1.807, 2.05) is 30.0 Å². The van der Waals surface area contributed by atoms with E-state index >= 15 is 0 Å². The third kappa shape index (κ3) is 6.62. The highest BCUT2D eigenvalue weighted by molar-refractivity contribution is 6.32. The maximum absolute atomic E-state index is 9.58. The first-order chi connectivity index (χ1) is 10.5. The van der Waals surface area contributed by atoms with E-state index < -0.39 is 12.2 Å². The molecule has 1 heterocycles. The van der Waals surface area contributed by atoms with Gasteiger partial charge in [0.2, 0.25) is 0 Å². The van der Waals surface area contributed by atoms with E-state index in [-0.39, 0.29) is 6.47 Å². The first-order valence-electron chi connectivity index (χ1n) is 7.01. The maximum atomic E-state index is 9.58. The van der Waals surface area contributed by atoms with Crippen LogP contribution >= 0.6 is 11.6 Å². The van der Waals surface area contributed by atoms with E-state index in [9.17, 15) is 10.2 Å². The van der Waals surface area contributed by atoms with E-state index in [2.05, 4.69) is 0 Å². The molecule has 1 aromatic rings. The fourth-order valence-corrected chi connectivity index (χ4v) is 2.49. The van der Waals surface area contributed by atoms with Crippen molar-refractivity contribution in [3.05, 3.63) is 28.8 Å². The number of aryl methyl sites for hydroxylation is 1. The number of carboxylic acid groups (broad SMARTS) is 1. The van der Waals surface area contributed by atoms with Crippen LogP contribution in [0.2, 0.25) is 5.02 Å². The van der Waals surface area contributed by atoms with Crippen LogP contribution < -0.4 is 4.74 Å². The quantitative estimate of drug-likeness (QED) is 0.717. The standard InChI is InChI=1S/C14H20ClNO3.CH2O2/c1-10-2-3-13(15)14(6-10)19-5-4-16-8-11(17)7-12(18)9-16;2-1-3/h2-3,6,11-12,17-18H,4-5,7-9H2,1H3;1H,(H,2,3)/t11-,12-;/m1./s1. The predicted octanol–water partition coefficient (Wildman–Crippen LogP) is 1.16. The number of piperidine rings is 1. The summed E-state index contributed by atoms with van der Waals surface area (Å²) in [5.74, 6) is 0.680. The molecule has 1 aliphatic heterocycles. The minimum Gasteiger partial charge on any atom is -0.491 e. The zero-order chi connectivity index (χ0) is 16.5. The van der Waals surface area contributed by atoms with Gasteiger partial charge in [-0.1, -0.05) is 17.7 Å². The van der Waals surface area contributed by atoms with Gasteiger partial charge in [-0.25, -0.2) is 0 Å². The summed E-state index contributed by atoms with van der Waals surface area (Å²) in [6, 6.07) is 5.66. The smallest absolute Gasteiger partial charge is 0.290 e. The lowest BCUT2D eigenvalue weighted by Crippen LogP contribution is -2.46. The van der Waals surface area contributed by atoms with Gasteiger partial charge in [0.25, 0.3) is 6.47 Å². The number of nitrogens with zero attached hydrogens (tertiary/aromatic N) is 1. The summed E-state index contributed by atoms with van der Waals surface area (Å²) >= 11 is 6.05. The molecule has 0 aromatic heterocycles. The zero-order valence-electron chi connectivity index (χ0n) is 12.5. The van der Waals surface area contributed by atoms with Gasteiger partial charge in [-0.3, -0.25) is 9.69 Å². The molecule has 0 aliphatic carbocycles. The van der Waals surface area contributed by atoms with Crippen molar-refractivity contribution < 1.29 is 24.9 Å². The van der Waals surface area contributed by atoms with Gasteiger partial charge in [0, 0.05) is 26.1 Å². The Kier molecular flexibility index (Phi) is 8.19. The SMILES string of the molecule is Cc1ccc(Cl)c(OCCN2C[C@H](O)C[C@@H](O)C2)c1.O=CO. The number of β-amino-alcohol motifs (C(OH)–C–C–N with tert-alkyl or cyclic N) is 2. The summed E-state index contributed by atoms with van der Waals surface area (Å²) in [5, 5.41) is 26.7. The lowest BCUT2D eigenvalue weighted by Gasteiger charge is -2.33. The summed E-state index contributed by atoms with van der Waals surface area (Å²) in [5.41, 5.74) is 1.10. The van der Waals surface area contributed by atoms with Crippen molar-refractivity contribution >= 4 is 18.1 Å². The summed E-state index contributed by atoms with van der Waals surface area (Å²) < 4.78 is 5.65. The number of hydrogen-bond donors (Lipinski definition) is 3. The molecule has 6 nitrogen and oxygen atoms in total. The largest absolute Gasteiger partial charge is 0.491 e. The Labute approximate surface area is 134 Å². The number of hydrogen-bond acceptors (Lipinski definition) is 5. The number of rotatable bonds is 4. The fourth-order valence-electron chi connectivity index (χ4n) is 2.32. The minimum absolute atomic E-state index is 0.250. The highest BCUT2D eigenvalue weighted by Crippen LogP contribution is 2.25. The van der Waals surface area contributed by atoms with Gasteiger partial charge >= 0.3 is 0 Å². The number of benzene rings is 1. The molecule has 1 aromatic carbocycles. The normalized spacial score (nSPS) is 21.6. The summed E-state index contributed by atoms with van der Waals surface area (Å²) in [7, 11) is 0. The third-order valence-corrected chi connectivity index (χ3v) is 3.55. The molecule has 3 N–H and O–H groups in total. The van der Waals surface area contributed by atoms with Crippen molar-refractivity contribution in [1.29, 1.82) is 0 Å². The molecule has 2 atom stereocenters.